The fraction of sp³-hybridized carbons (Fsp3) is 0.310. The van der Waals surface area contributed by atoms with Gasteiger partial charge in [0.1, 0.15) is 12.4 Å². The fourth-order valence-corrected chi connectivity index (χ4v) is 4.56. The van der Waals surface area contributed by atoms with E-state index >= 15 is 0 Å². The van der Waals surface area contributed by atoms with Crippen molar-refractivity contribution in [3.63, 3.8) is 0 Å². The molecule has 0 radical (unpaired) electrons. The topological polar surface area (TPSA) is 88.9 Å². The first-order valence-electron chi connectivity index (χ1n) is 12.4. The highest BCUT2D eigenvalue weighted by Gasteiger charge is 2.18. The molecule has 4 aromatic rings. The maximum atomic E-state index is 13.8. The van der Waals surface area contributed by atoms with Gasteiger partial charge in [0.15, 0.2) is 5.65 Å². The third kappa shape index (κ3) is 6.06. The molecular formula is C29H32ClN5O2. The molecular weight excluding hydrogens is 486 g/mol. The van der Waals surface area contributed by atoms with Crippen molar-refractivity contribution < 1.29 is 4.79 Å². The van der Waals surface area contributed by atoms with Gasteiger partial charge in [0.05, 0.1) is 5.39 Å². The Morgan fingerprint density at radius 3 is 2.51 bits per heavy atom. The van der Waals surface area contributed by atoms with Crippen molar-refractivity contribution in [2.24, 2.45) is 0 Å². The van der Waals surface area contributed by atoms with Gasteiger partial charge < -0.3 is 10.6 Å². The molecule has 0 aliphatic carbocycles. The molecule has 0 bridgehead atoms. The average molecular weight is 518 g/mol. The number of pyridine rings is 1. The summed E-state index contributed by atoms with van der Waals surface area (Å²) in [7, 11) is 1.87. The number of amides is 1. The van der Waals surface area contributed by atoms with E-state index in [1.807, 2.05) is 63.4 Å². The van der Waals surface area contributed by atoms with E-state index in [0.29, 0.717) is 34.3 Å². The quantitative estimate of drug-likeness (QED) is 0.337. The highest BCUT2D eigenvalue weighted by atomic mass is 35.5. The molecule has 37 heavy (non-hydrogen) atoms. The summed E-state index contributed by atoms with van der Waals surface area (Å²) in [5, 5.41) is 6.94. The molecule has 2 N–H and O–H groups in total. The second kappa shape index (κ2) is 11.2. The Hall–Kier alpha value is -3.55. The highest BCUT2D eigenvalue weighted by Crippen LogP contribution is 2.27. The minimum absolute atomic E-state index is 0.0489. The average Bonchev–Trinajstić information content (AvgIpc) is 2.85. The number of halogens is 1. The number of carbonyl (C=O) groups excluding carboxylic acids is 1. The fourth-order valence-electron chi connectivity index (χ4n) is 4.30. The Morgan fingerprint density at radius 1 is 1.03 bits per heavy atom. The van der Waals surface area contributed by atoms with Crippen LogP contribution in [0.3, 0.4) is 0 Å². The third-order valence-corrected chi connectivity index (χ3v) is 6.26. The standard InChI is InChI=1S/C29H32ClN5O2/c1-17(2)20-7-6-8-21(11-20)28-34-27-25(29(37)35(28)16-26(36)33-18(3)4)13-23(15-32-27)22-9-19(14-31-5)10-24(30)12-22/h6-13,15,17-18,31H,14,16H2,1-5H3,(H,33,36). The van der Waals surface area contributed by atoms with Crippen LogP contribution in [0.2, 0.25) is 5.02 Å². The maximum absolute atomic E-state index is 13.8. The summed E-state index contributed by atoms with van der Waals surface area (Å²) in [5.74, 6) is 0.462. The lowest BCUT2D eigenvalue weighted by Crippen LogP contribution is -2.37. The van der Waals surface area contributed by atoms with Gasteiger partial charge in [-0.3, -0.25) is 14.2 Å². The van der Waals surface area contributed by atoms with Gasteiger partial charge in [-0.2, -0.15) is 0 Å². The van der Waals surface area contributed by atoms with Gasteiger partial charge >= 0.3 is 0 Å². The number of nitrogens with zero attached hydrogens (tertiary/aromatic N) is 3. The van der Waals surface area contributed by atoms with Crippen LogP contribution in [0.4, 0.5) is 0 Å². The molecule has 2 aromatic carbocycles. The lowest BCUT2D eigenvalue weighted by molar-refractivity contribution is -0.122. The molecule has 192 valence electrons. The molecule has 0 atom stereocenters. The normalized spacial score (nSPS) is 11.5. The molecule has 7 nitrogen and oxygen atoms in total. The van der Waals surface area contributed by atoms with Crippen molar-refractivity contribution in [3.05, 3.63) is 81.2 Å². The Morgan fingerprint density at radius 2 is 1.81 bits per heavy atom. The molecule has 0 spiro atoms. The summed E-state index contributed by atoms with van der Waals surface area (Å²) in [5.41, 5.74) is 4.51. The number of rotatable bonds is 8. The number of fused-ring (bicyclic) bond motifs is 1. The zero-order valence-electron chi connectivity index (χ0n) is 21.8. The zero-order valence-corrected chi connectivity index (χ0v) is 22.6. The zero-order chi connectivity index (χ0) is 26.7. The van der Waals surface area contributed by atoms with Gasteiger partial charge in [0.25, 0.3) is 5.56 Å². The number of carbonyl (C=O) groups is 1. The van der Waals surface area contributed by atoms with Crippen LogP contribution in [-0.2, 0) is 17.9 Å². The van der Waals surface area contributed by atoms with Crippen LogP contribution in [0.5, 0.6) is 0 Å². The molecule has 1 amide bonds. The van der Waals surface area contributed by atoms with Crippen molar-refractivity contribution >= 4 is 28.5 Å². The van der Waals surface area contributed by atoms with E-state index in [4.69, 9.17) is 16.6 Å². The van der Waals surface area contributed by atoms with E-state index in [-0.39, 0.29) is 24.1 Å². The van der Waals surface area contributed by atoms with E-state index in [1.54, 1.807) is 12.3 Å². The maximum Gasteiger partial charge on any atom is 0.263 e. The summed E-state index contributed by atoms with van der Waals surface area (Å²) in [6.07, 6.45) is 1.70. The van der Waals surface area contributed by atoms with Gasteiger partial charge in [-0.25, -0.2) is 9.97 Å². The molecule has 0 saturated heterocycles. The highest BCUT2D eigenvalue weighted by molar-refractivity contribution is 6.31. The number of hydrogen-bond donors (Lipinski definition) is 2. The minimum atomic E-state index is -0.319. The molecule has 0 saturated carbocycles. The van der Waals surface area contributed by atoms with Crippen molar-refractivity contribution in [1.29, 1.82) is 0 Å². The second-order valence-corrected chi connectivity index (χ2v) is 10.2. The van der Waals surface area contributed by atoms with E-state index in [2.05, 4.69) is 29.5 Å². The predicted molar refractivity (Wildman–Crippen MR) is 150 cm³/mol. The van der Waals surface area contributed by atoms with Crippen LogP contribution in [0.1, 0.15) is 44.7 Å². The van der Waals surface area contributed by atoms with Crippen LogP contribution in [0, 0.1) is 0 Å². The Balaban J connectivity index is 1.90. The van der Waals surface area contributed by atoms with Gasteiger partial charge in [-0.1, -0.05) is 43.6 Å². The van der Waals surface area contributed by atoms with Crippen molar-refractivity contribution in [2.75, 3.05) is 7.05 Å². The van der Waals surface area contributed by atoms with Crippen LogP contribution in [0.25, 0.3) is 33.5 Å². The molecule has 0 unspecified atom stereocenters. The molecule has 4 rings (SSSR count). The monoisotopic (exact) mass is 517 g/mol. The summed E-state index contributed by atoms with van der Waals surface area (Å²) >= 11 is 6.36. The van der Waals surface area contributed by atoms with E-state index in [0.717, 1.165) is 27.8 Å². The second-order valence-electron chi connectivity index (χ2n) is 9.80. The molecule has 2 aromatic heterocycles. The molecule has 0 fully saturated rings. The van der Waals surface area contributed by atoms with Crippen molar-refractivity contribution in [2.45, 2.75) is 52.7 Å². The van der Waals surface area contributed by atoms with E-state index in [1.165, 1.54) is 4.57 Å². The smallest absolute Gasteiger partial charge is 0.263 e. The minimum Gasteiger partial charge on any atom is -0.352 e. The summed E-state index contributed by atoms with van der Waals surface area (Å²) in [6, 6.07) is 15.4. The lowest BCUT2D eigenvalue weighted by atomic mass is 10.0. The van der Waals surface area contributed by atoms with Gasteiger partial charge in [-0.15, -0.1) is 0 Å². The van der Waals surface area contributed by atoms with Gasteiger partial charge in [-0.05, 0) is 73.8 Å². The lowest BCUT2D eigenvalue weighted by Gasteiger charge is -2.16. The van der Waals surface area contributed by atoms with Crippen LogP contribution >= 0.6 is 11.6 Å². The molecule has 8 heteroatoms. The van der Waals surface area contributed by atoms with Crippen LogP contribution < -0.4 is 16.2 Å². The van der Waals surface area contributed by atoms with E-state index < -0.39 is 0 Å². The van der Waals surface area contributed by atoms with E-state index in [9.17, 15) is 9.59 Å². The van der Waals surface area contributed by atoms with Crippen molar-refractivity contribution in [3.8, 4) is 22.5 Å². The molecule has 2 heterocycles. The van der Waals surface area contributed by atoms with Crippen molar-refractivity contribution in [1.82, 2.24) is 25.2 Å². The Kier molecular flexibility index (Phi) is 8.05. The predicted octanol–water partition coefficient (Wildman–Crippen LogP) is 5.15. The van der Waals surface area contributed by atoms with Crippen LogP contribution in [0.15, 0.2) is 59.5 Å². The molecule has 0 aliphatic heterocycles. The largest absolute Gasteiger partial charge is 0.352 e. The first-order valence-corrected chi connectivity index (χ1v) is 12.8. The molecule has 0 aliphatic rings. The Labute approximate surface area is 221 Å². The summed E-state index contributed by atoms with van der Waals surface area (Å²) < 4.78 is 1.44. The number of benzene rings is 2. The SMILES string of the molecule is CNCc1cc(Cl)cc(-c2cnc3nc(-c4cccc(C(C)C)c4)n(CC(=O)NC(C)C)c(=O)c3c2)c1. The van der Waals surface area contributed by atoms with Gasteiger partial charge in [0, 0.05) is 34.9 Å². The summed E-state index contributed by atoms with van der Waals surface area (Å²) in [4.78, 5) is 35.9. The number of nitrogens with one attached hydrogen (secondary N) is 2. The number of aromatic nitrogens is 3. The first-order chi connectivity index (χ1) is 17.7. The van der Waals surface area contributed by atoms with Gasteiger partial charge in [0.2, 0.25) is 5.91 Å². The summed E-state index contributed by atoms with van der Waals surface area (Å²) in [6.45, 7) is 8.50. The Bertz CT molecular complexity index is 1510. The third-order valence-electron chi connectivity index (χ3n) is 6.04. The van der Waals surface area contributed by atoms with Crippen LogP contribution in [-0.4, -0.2) is 33.5 Å². The number of hydrogen-bond acceptors (Lipinski definition) is 5. The first kappa shape index (κ1) is 26.5.